The first-order chi connectivity index (χ1) is 13.9. The Kier molecular flexibility index (Phi) is 6.13. The van der Waals surface area contributed by atoms with Gasteiger partial charge in [0.1, 0.15) is 23.9 Å². The summed E-state index contributed by atoms with van der Waals surface area (Å²) in [5, 5.41) is 7.27. The molecule has 0 aliphatic rings. The number of benzene rings is 2. The second-order valence-electron chi connectivity index (χ2n) is 5.95. The molecular weight excluding hydrogens is 401 g/mol. The number of carbonyl (C=O) groups is 1. The molecule has 7 nitrogen and oxygen atoms in total. The molecule has 0 atom stereocenters. The van der Waals surface area contributed by atoms with Gasteiger partial charge in [0, 0.05) is 22.7 Å². The molecule has 9 heteroatoms. The Morgan fingerprint density at radius 2 is 1.86 bits per heavy atom. The Hall–Kier alpha value is -3.39. The average Bonchev–Trinajstić information content (AvgIpc) is 2.70. The topological polar surface area (TPSA) is 82.4 Å². The Morgan fingerprint density at radius 1 is 1.10 bits per heavy atom. The molecule has 29 heavy (non-hydrogen) atoms. The van der Waals surface area contributed by atoms with Crippen molar-refractivity contribution in [3.8, 4) is 22.8 Å². The summed E-state index contributed by atoms with van der Waals surface area (Å²) in [6.07, 6.45) is 0. The van der Waals surface area contributed by atoms with Gasteiger partial charge in [-0.2, -0.15) is 5.10 Å². The molecule has 3 rings (SSSR count). The van der Waals surface area contributed by atoms with Gasteiger partial charge in [0.25, 0.3) is 5.56 Å². The lowest BCUT2D eigenvalue weighted by molar-refractivity contribution is -0.117. The van der Waals surface area contributed by atoms with Crippen LogP contribution in [0.3, 0.4) is 0 Å². The number of hydrogen-bond acceptors (Lipinski definition) is 5. The second-order valence-corrected chi connectivity index (χ2v) is 6.39. The van der Waals surface area contributed by atoms with E-state index in [9.17, 15) is 14.0 Å². The number of rotatable bonds is 6. The van der Waals surface area contributed by atoms with E-state index in [0.717, 1.165) is 4.68 Å². The normalized spacial score (nSPS) is 10.5. The summed E-state index contributed by atoms with van der Waals surface area (Å²) in [7, 11) is 2.87. The molecule has 150 valence electrons. The van der Waals surface area contributed by atoms with Gasteiger partial charge in [-0.05, 0) is 36.4 Å². The Morgan fingerprint density at radius 3 is 2.59 bits per heavy atom. The predicted molar refractivity (Wildman–Crippen MR) is 107 cm³/mol. The van der Waals surface area contributed by atoms with Crippen LogP contribution in [0.1, 0.15) is 0 Å². The summed E-state index contributed by atoms with van der Waals surface area (Å²) in [6, 6.07) is 11.5. The minimum atomic E-state index is -0.497. The van der Waals surface area contributed by atoms with Gasteiger partial charge < -0.3 is 14.8 Å². The number of amides is 1. The third-order valence-electron chi connectivity index (χ3n) is 4.04. The van der Waals surface area contributed by atoms with Crippen LogP contribution in [0.5, 0.6) is 11.5 Å². The predicted octanol–water partition coefficient (Wildman–Crippen LogP) is 3.36. The first-order valence-electron chi connectivity index (χ1n) is 8.46. The SMILES string of the molecule is COc1ccc(Cl)cc1NC(=O)Cn1nc(-c2ccc(F)cc2OC)ccc1=O. The molecule has 0 bridgehead atoms. The number of nitrogens with one attached hydrogen (secondary N) is 1. The molecule has 0 radical (unpaired) electrons. The highest BCUT2D eigenvalue weighted by Gasteiger charge is 2.13. The van der Waals surface area contributed by atoms with Crippen molar-refractivity contribution in [2.24, 2.45) is 0 Å². The van der Waals surface area contributed by atoms with Crippen molar-refractivity contribution in [3.63, 3.8) is 0 Å². The summed E-state index contributed by atoms with van der Waals surface area (Å²) in [5.41, 5.74) is 0.742. The summed E-state index contributed by atoms with van der Waals surface area (Å²) >= 11 is 5.96. The van der Waals surface area contributed by atoms with E-state index in [4.69, 9.17) is 21.1 Å². The fourth-order valence-corrected chi connectivity index (χ4v) is 2.86. The van der Waals surface area contributed by atoms with Crippen molar-refractivity contribution in [3.05, 3.63) is 69.7 Å². The lowest BCUT2D eigenvalue weighted by Gasteiger charge is -2.12. The van der Waals surface area contributed by atoms with Gasteiger partial charge in [-0.1, -0.05) is 11.6 Å². The van der Waals surface area contributed by atoms with Crippen LogP contribution in [-0.4, -0.2) is 29.9 Å². The van der Waals surface area contributed by atoms with E-state index in [0.29, 0.717) is 27.7 Å². The zero-order valence-electron chi connectivity index (χ0n) is 15.6. The van der Waals surface area contributed by atoms with Crippen molar-refractivity contribution in [2.75, 3.05) is 19.5 Å². The molecule has 0 aliphatic heterocycles. The molecular formula is C20H17ClFN3O4. The molecule has 2 aromatic carbocycles. The zero-order chi connectivity index (χ0) is 21.0. The highest BCUT2D eigenvalue weighted by atomic mass is 35.5. The Labute approximate surface area is 170 Å². The van der Waals surface area contributed by atoms with Crippen LogP contribution in [0, 0.1) is 5.82 Å². The first kappa shape index (κ1) is 20.3. The van der Waals surface area contributed by atoms with Crippen molar-refractivity contribution in [1.29, 1.82) is 0 Å². The molecule has 1 heterocycles. The number of halogens is 2. The molecule has 3 aromatic rings. The van der Waals surface area contributed by atoms with Crippen LogP contribution < -0.4 is 20.3 Å². The quantitative estimate of drug-likeness (QED) is 0.665. The lowest BCUT2D eigenvalue weighted by atomic mass is 10.1. The van der Waals surface area contributed by atoms with Gasteiger partial charge >= 0.3 is 0 Å². The molecule has 0 spiro atoms. The van der Waals surface area contributed by atoms with Crippen LogP contribution in [0.2, 0.25) is 5.02 Å². The lowest BCUT2D eigenvalue weighted by Crippen LogP contribution is -2.29. The molecule has 0 saturated heterocycles. The average molecular weight is 418 g/mol. The maximum Gasteiger partial charge on any atom is 0.267 e. The van der Waals surface area contributed by atoms with Crippen LogP contribution in [0.4, 0.5) is 10.1 Å². The molecule has 0 fully saturated rings. The van der Waals surface area contributed by atoms with Crippen LogP contribution >= 0.6 is 11.6 Å². The van der Waals surface area contributed by atoms with Crippen molar-refractivity contribution in [2.45, 2.75) is 6.54 Å². The Bertz CT molecular complexity index is 1120. The summed E-state index contributed by atoms with van der Waals surface area (Å²) in [6.45, 7) is -0.341. The largest absolute Gasteiger partial charge is 0.496 e. The van der Waals surface area contributed by atoms with Crippen LogP contribution in [0.15, 0.2) is 53.3 Å². The summed E-state index contributed by atoms with van der Waals surface area (Å²) in [4.78, 5) is 24.6. The molecule has 1 N–H and O–H groups in total. The number of anilines is 1. The van der Waals surface area contributed by atoms with Gasteiger partial charge in [-0.15, -0.1) is 0 Å². The Balaban J connectivity index is 1.87. The molecule has 0 aliphatic carbocycles. The number of nitrogens with zero attached hydrogens (tertiary/aromatic N) is 2. The van der Waals surface area contributed by atoms with E-state index in [1.54, 1.807) is 12.1 Å². The maximum atomic E-state index is 13.4. The molecule has 1 aromatic heterocycles. The highest BCUT2D eigenvalue weighted by molar-refractivity contribution is 6.31. The van der Waals surface area contributed by atoms with Crippen molar-refractivity contribution < 1.29 is 18.7 Å². The van der Waals surface area contributed by atoms with Gasteiger partial charge in [-0.3, -0.25) is 9.59 Å². The number of aromatic nitrogens is 2. The van der Waals surface area contributed by atoms with E-state index in [1.807, 2.05) is 0 Å². The van der Waals surface area contributed by atoms with Gasteiger partial charge in [0.05, 0.1) is 25.6 Å². The third-order valence-corrected chi connectivity index (χ3v) is 4.27. The van der Waals surface area contributed by atoms with Gasteiger partial charge in [-0.25, -0.2) is 9.07 Å². The van der Waals surface area contributed by atoms with Crippen LogP contribution in [-0.2, 0) is 11.3 Å². The van der Waals surface area contributed by atoms with E-state index < -0.39 is 17.3 Å². The minimum absolute atomic E-state index is 0.260. The zero-order valence-corrected chi connectivity index (χ0v) is 16.4. The van der Waals surface area contributed by atoms with Crippen molar-refractivity contribution in [1.82, 2.24) is 9.78 Å². The van der Waals surface area contributed by atoms with E-state index in [1.165, 1.54) is 50.6 Å². The number of methoxy groups -OCH3 is 2. The fourth-order valence-electron chi connectivity index (χ4n) is 2.69. The minimum Gasteiger partial charge on any atom is -0.496 e. The van der Waals surface area contributed by atoms with Gasteiger partial charge in [0.15, 0.2) is 0 Å². The summed E-state index contributed by atoms with van der Waals surface area (Å²) < 4.78 is 24.8. The molecule has 0 saturated carbocycles. The third kappa shape index (κ3) is 4.72. The standard InChI is InChI=1S/C20H17ClFN3O4/c1-28-17-7-3-12(21)9-16(17)23-19(26)11-25-20(27)8-6-15(24-25)14-5-4-13(22)10-18(14)29-2/h3-10H,11H2,1-2H3,(H,23,26). The van der Waals surface area contributed by atoms with E-state index >= 15 is 0 Å². The van der Waals surface area contributed by atoms with Crippen molar-refractivity contribution >= 4 is 23.2 Å². The smallest absolute Gasteiger partial charge is 0.267 e. The monoisotopic (exact) mass is 417 g/mol. The summed E-state index contributed by atoms with van der Waals surface area (Å²) in [5.74, 6) is -0.277. The maximum absolute atomic E-state index is 13.4. The molecule has 1 amide bonds. The van der Waals surface area contributed by atoms with E-state index in [-0.39, 0.29) is 12.3 Å². The highest BCUT2D eigenvalue weighted by Crippen LogP contribution is 2.29. The fraction of sp³-hybridized carbons (Fsp3) is 0.150. The van der Waals surface area contributed by atoms with Crippen LogP contribution in [0.25, 0.3) is 11.3 Å². The molecule has 0 unspecified atom stereocenters. The second kappa shape index (κ2) is 8.74. The number of hydrogen-bond donors (Lipinski definition) is 1. The van der Waals surface area contributed by atoms with E-state index in [2.05, 4.69) is 10.4 Å². The first-order valence-corrected chi connectivity index (χ1v) is 8.84. The van der Waals surface area contributed by atoms with Gasteiger partial charge in [0.2, 0.25) is 5.91 Å². The number of carbonyl (C=O) groups excluding carboxylic acids is 1. The number of ether oxygens (including phenoxy) is 2.